The quantitative estimate of drug-likeness (QED) is 0.522. The maximum Gasteiger partial charge on any atom is 0.416 e. The van der Waals surface area contributed by atoms with Crippen LogP contribution in [0, 0.1) is 11.2 Å². The first kappa shape index (κ1) is 19.9. The van der Waals surface area contributed by atoms with Gasteiger partial charge in [-0.3, -0.25) is 4.79 Å². The Balaban J connectivity index is 1.98. The van der Waals surface area contributed by atoms with E-state index in [1.807, 2.05) is 13.8 Å². The smallest absolute Gasteiger partial charge is 0.416 e. The van der Waals surface area contributed by atoms with Crippen LogP contribution in [0.3, 0.4) is 0 Å². The second kappa shape index (κ2) is 6.32. The predicted octanol–water partition coefficient (Wildman–Crippen LogP) is 4.64. The molecule has 1 atom stereocenters. The van der Waals surface area contributed by atoms with Crippen molar-refractivity contribution in [1.29, 1.82) is 0 Å². The summed E-state index contributed by atoms with van der Waals surface area (Å²) >= 11 is 5.76. The molecule has 0 aromatic heterocycles. The molecule has 4 rings (SSSR count). The number of cyclic esters (lactones) is 1. The van der Waals surface area contributed by atoms with Gasteiger partial charge in [-0.05, 0) is 24.0 Å². The number of carbonyl (C=O) groups excluding carboxylic acids is 2. The number of dihydropyridines is 1. The van der Waals surface area contributed by atoms with Gasteiger partial charge in [-0.2, -0.15) is 13.2 Å². The van der Waals surface area contributed by atoms with E-state index in [-0.39, 0.29) is 35.4 Å². The highest BCUT2D eigenvalue weighted by Crippen LogP contribution is 2.49. The number of benzene rings is 1. The van der Waals surface area contributed by atoms with Crippen LogP contribution in [0.2, 0.25) is 5.02 Å². The number of halogens is 5. The molecule has 1 aliphatic carbocycles. The molecule has 0 saturated heterocycles. The average molecular weight is 430 g/mol. The third kappa shape index (κ3) is 3.23. The van der Waals surface area contributed by atoms with E-state index in [1.165, 1.54) is 0 Å². The van der Waals surface area contributed by atoms with E-state index in [9.17, 15) is 27.2 Å². The van der Waals surface area contributed by atoms with Gasteiger partial charge in [-0.25, -0.2) is 9.18 Å². The molecular weight excluding hydrogens is 414 g/mol. The number of esters is 1. The second-order valence-electron chi connectivity index (χ2n) is 8.22. The number of ketones is 1. The number of allylic oxidation sites excluding steroid dienone is 2. The average Bonchev–Trinajstić information content (AvgIpc) is 2.94. The molecular formula is C20H16ClF4NO3. The minimum atomic E-state index is -4.78. The van der Waals surface area contributed by atoms with Crippen LogP contribution in [0.25, 0.3) is 0 Å². The van der Waals surface area contributed by atoms with Crippen LogP contribution < -0.4 is 5.32 Å². The van der Waals surface area contributed by atoms with Crippen molar-refractivity contribution in [2.45, 2.75) is 38.8 Å². The highest BCUT2D eigenvalue weighted by molar-refractivity contribution is 6.31. The van der Waals surface area contributed by atoms with Gasteiger partial charge in [0.2, 0.25) is 0 Å². The zero-order valence-electron chi connectivity index (χ0n) is 15.5. The van der Waals surface area contributed by atoms with Gasteiger partial charge in [0.1, 0.15) is 12.4 Å². The number of hydrogen-bond acceptors (Lipinski definition) is 4. The molecule has 1 N–H and O–H groups in total. The number of carbonyl (C=O) groups is 2. The third-order valence-electron chi connectivity index (χ3n) is 5.39. The van der Waals surface area contributed by atoms with Crippen molar-refractivity contribution >= 4 is 23.4 Å². The zero-order chi connectivity index (χ0) is 21.3. The highest BCUT2D eigenvalue weighted by atomic mass is 35.5. The summed E-state index contributed by atoms with van der Waals surface area (Å²) in [7, 11) is 0. The van der Waals surface area contributed by atoms with Crippen LogP contribution in [0.5, 0.6) is 0 Å². The monoisotopic (exact) mass is 429 g/mol. The molecule has 0 saturated carbocycles. The summed E-state index contributed by atoms with van der Waals surface area (Å²) in [5.74, 6) is -3.55. The number of ether oxygens (including phenoxy) is 1. The third-order valence-corrected chi connectivity index (χ3v) is 5.66. The topological polar surface area (TPSA) is 55.4 Å². The van der Waals surface area contributed by atoms with Crippen molar-refractivity contribution < 1.29 is 31.9 Å². The number of nitrogens with one attached hydrogen (secondary N) is 1. The van der Waals surface area contributed by atoms with Gasteiger partial charge < -0.3 is 10.1 Å². The van der Waals surface area contributed by atoms with Crippen molar-refractivity contribution in [1.82, 2.24) is 5.32 Å². The van der Waals surface area contributed by atoms with Crippen molar-refractivity contribution in [2.75, 3.05) is 6.61 Å². The number of alkyl halides is 3. The van der Waals surface area contributed by atoms with Gasteiger partial charge in [0.05, 0.1) is 27.8 Å². The van der Waals surface area contributed by atoms with Crippen molar-refractivity contribution in [3.05, 3.63) is 56.6 Å². The highest BCUT2D eigenvalue weighted by Gasteiger charge is 2.47. The molecule has 2 heterocycles. The maximum atomic E-state index is 14.9. The van der Waals surface area contributed by atoms with Crippen LogP contribution in [0.1, 0.15) is 43.7 Å². The van der Waals surface area contributed by atoms with Crippen LogP contribution in [-0.4, -0.2) is 18.4 Å². The lowest BCUT2D eigenvalue weighted by atomic mass is 9.68. The van der Waals surface area contributed by atoms with Gasteiger partial charge >= 0.3 is 12.1 Å². The molecule has 0 amide bonds. The van der Waals surface area contributed by atoms with Gasteiger partial charge in [0, 0.05) is 23.3 Å². The fourth-order valence-corrected chi connectivity index (χ4v) is 4.44. The van der Waals surface area contributed by atoms with Crippen molar-refractivity contribution in [3.63, 3.8) is 0 Å². The van der Waals surface area contributed by atoms with Gasteiger partial charge in [0.15, 0.2) is 5.78 Å². The largest absolute Gasteiger partial charge is 0.456 e. The fraction of sp³-hybridized carbons (Fsp3) is 0.400. The molecule has 9 heteroatoms. The van der Waals surface area contributed by atoms with E-state index in [0.29, 0.717) is 29.9 Å². The lowest BCUT2D eigenvalue weighted by Crippen LogP contribution is -2.38. The molecule has 0 bridgehead atoms. The predicted molar refractivity (Wildman–Crippen MR) is 95.3 cm³/mol. The summed E-state index contributed by atoms with van der Waals surface area (Å²) in [5, 5.41) is 2.30. The Morgan fingerprint density at radius 2 is 1.83 bits per heavy atom. The molecule has 0 fully saturated rings. The lowest BCUT2D eigenvalue weighted by Gasteiger charge is -2.38. The molecule has 1 aromatic rings. The Labute approximate surface area is 168 Å². The number of rotatable bonds is 1. The van der Waals surface area contributed by atoms with E-state index in [0.717, 1.165) is 0 Å². The van der Waals surface area contributed by atoms with E-state index in [1.54, 1.807) is 0 Å². The molecule has 1 aromatic carbocycles. The molecule has 154 valence electrons. The Kier molecular flexibility index (Phi) is 4.35. The molecule has 4 nitrogen and oxygen atoms in total. The van der Waals surface area contributed by atoms with Crippen LogP contribution in [0.15, 0.2) is 34.7 Å². The first-order chi connectivity index (χ1) is 13.4. The van der Waals surface area contributed by atoms with E-state index in [2.05, 4.69) is 5.32 Å². The number of hydrogen-bond donors (Lipinski definition) is 1. The normalized spacial score (nSPS) is 23.6. The van der Waals surface area contributed by atoms with E-state index < -0.39 is 40.0 Å². The first-order valence-corrected chi connectivity index (χ1v) is 9.26. The Hall–Kier alpha value is -2.35. The molecule has 2 aliphatic heterocycles. The molecule has 0 radical (unpaired) electrons. The minimum Gasteiger partial charge on any atom is -0.456 e. The van der Waals surface area contributed by atoms with E-state index in [4.69, 9.17) is 16.3 Å². The van der Waals surface area contributed by atoms with Gasteiger partial charge in [-0.1, -0.05) is 25.4 Å². The van der Waals surface area contributed by atoms with Crippen LogP contribution >= 0.6 is 11.6 Å². The first-order valence-electron chi connectivity index (χ1n) is 8.88. The SMILES string of the molecule is CC1(C)CC(=O)C2=C(C1)NC1=C(C(=O)OC1)C2c1cc(C(F)(F)F)cc(Cl)c1F. The van der Waals surface area contributed by atoms with Gasteiger partial charge in [0.25, 0.3) is 0 Å². The Bertz CT molecular complexity index is 1020. The lowest BCUT2D eigenvalue weighted by molar-refractivity contribution is -0.137. The second-order valence-corrected chi connectivity index (χ2v) is 8.63. The Morgan fingerprint density at radius 3 is 2.48 bits per heavy atom. The van der Waals surface area contributed by atoms with Crippen molar-refractivity contribution in [3.8, 4) is 0 Å². The maximum absolute atomic E-state index is 14.9. The van der Waals surface area contributed by atoms with Gasteiger partial charge in [-0.15, -0.1) is 0 Å². The summed E-state index contributed by atoms with van der Waals surface area (Å²) in [6.07, 6.45) is -4.23. The molecule has 0 spiro atoms. The fourth-order valence-electron chi connectivity index (χ4n) is 4.21. The van der Waals surface area contributed by atoms with Crippen LogP contribution in [0.4, 0.5) is 17.6 Å². The molecule has 29 heavy (non-hydrogen) atoms. The van der Waals surface area contributed by atoms with E-state index >= 15 is 0 Å². The van der Waals surface area contributed by atoms with Crippen molar-refractivity contribution in [2.24, 2.45) is 5.41 Å². The Morgan fingerprint density at radius 1 is 1.14 bits per heavy atom. The summed E-state index contributed by atoms with van der Waals surface area (Å²) in [6.45, 7) is 3.64. The minimum absolute atomic E-state index is 0.0499. The summed E-state index contributed by atoms with van der Waals surface area (Å²) < 4.78 is 60.0. The molecule has 1 unspecified atom stereocenters. The summed E-state index contributed by atoms with van der Waals surface area (Å²) in [4.78, 5) is 25.3. The summed E-state index contributed by atoms with van der Waals surface area (Å²) in [5.41, 5.74) is -1.16. The van der Waals surface area contributed by atoms with Crippen LogP contribution in [-0.2, 0) is 20.5 Å². The molecule has 3 aliphatic rings. The zero-order valence-corrected chi connectivity index (χ0v) is 16.2. The number of Topliss-reactive ketones (excluding diaryl/α,β-unsaturated/α-hetero) is 1. The summed E-state index contributed by atoms with van der Waals surface area (Å²) in [6, 6.07) is 1.11. The standard InChI is InChI=1S/C20H16ClF4NO3/c1-19(2)5-11-15(13(27)6-19)14(16-12(26-11)7-29-18(16)28)9-3-8(20(23,24)25)4-10(21)17(9)22/h3-4,14,26H,5-7H2,1-2H3.